The van der Waals surface area contributed by atoms with E-state index in [4.69, 9.17) is 0 Å². The van der Waals surface area contributed by atoms with Crippen LogP contribution < -0.4 is 0 Å². The maximum atomic E-state index is 11.4. The molecule has 1 unspecified atom stereocenters. The first-order chi connectivity index (χ1) is 8.15. The molecule has 0 aromatic carbocycles. The van der Waals surface area contributed by atoms with Crippen LogP contribution in [0.1, 0.15) is 26.7 Å². The van der Waals surface area contributed by atoms with Gasteiger partial charge in [0.1, 0.15) is 0 Å². The SMILES string of the molecule is CCC(C)CC(CS(=O)(=O)OC)CS(=O)(=O)OC. The molecule has 0 fully saturated rings. The summed E-state index contributed by atoms with van der Waals surface area (Å²) in [6.07, 6.45) is 1.36. The summed E-state index contributed by atoms with van der Waals surface area (Å²) in [6.45, 7) is 3.92. The van der Waals surface area contributed by atoms with Crippen molar-refractivity contribution in [1.29, 1.82) is 0 Å². The Labute approximate surface area is 110 Å². The predicted octanol–water partition coefficient (Wildman–Crippen LogP) is 0.991. The van der Waals surface area contributed by atoms with Gasteiger partial charge in [-0.05, 0) is 18.3 Å². The highest BCUT2D eigenvalue weighted by molar-refractivity contribution is 7.87. The van der Waals surface area contributed by atoms with Crippen molar-refractivity contribution in [3.05, 3.63) is 0 Å². The molecule has 0 aromatic heterocycles. The van der Waals surface area contributed by atoms with Gasteiger partial charge >= 0.3 is 0 Å². The summed E-state index contributed by atoms with van der Waals surface area (Å²) in [5, 5.41) is 0. The maximum absolute atomic E-state index is 11.4. The van der Waals surface area contributed by atoms with Gasteiger partial charge in [0.25, 0.3) is 20.2 Å². The average Bonchev–Trinajstić information content (AvgIpc) is 2.27. The van der Waals surface area contributed by atoms with Crippen LogP contribution in [0.25, 0.3) is 0 Å². The molecule has 0 aliphatic carbocycles. The molecule has 8 heteroatoms. The van der Waals surface area contributed by atoms with Crippen LogP contribution in [0, 0.1) is 11.8 Å². The summed E-state index contributed by atoms with van der Waals surface area (Å²) in [5.74, 6) is -0.892. The van der Waals surface area contributed by atoms with Gasteiger partial charge in [0.2, 0.25) is 0 Å². The zero-order valence-electron chi connectivity index (χ0n) is 11.2. The lowest BCUT2D eigenvalue weighted by Crippen LogP contribution is -2.26. The van der Waals surface area contributed by atoms with Gasteiger partial charge in [-0.1, -0.05) is 20.3 Å². The molecule has 0 aliphatic heterocycles. The van der Waals surface area contributed by atoms with E-state index in [2.05, 4.69) is 8.37 Å². The van der Waals surface area contributed by atoms with E-state index in [-0.39, 0.29) is 17.4 Å². The van der Waals surface area contributed by atoms with Gasteiger partial charge in [0.05, 0.1) is 25.7 Å². The fraction of sp³-hybridized carbons (Fsp3) is 1.00. The van der Waals surface area contributed by atoms with Gasteiger partial charge in [-0.3, -0.25) is 8.37 Å². The van der Waals surface area contributed by atoms with Crippen molar-refractivity contribution in [2.75, 3.05) is 25.7 Å². The zero-order valence-corrected chi connectivity index (χ0v) is 12.9. The summed E-state index contributed by atoms with van der Waals surface area (Å²) in [7, 11) is -5.21. The molecule has 0 aliphatic rings. The highest BCUT2D eigenvalue weighted by Gasteiger charge is 2.26. The molecule has 0 rings (SSSR count). The Morgan fingerprint density at radius 3 is 1.61 bits per heavy atom. The quantitative estimate of drug-likeness (QED) is 0.590. The van der Waals surface area contributed by atoms with E-state index in [1.54, 1.807) is 0 Å². The molecular weight excluding hydrogens is 280 g/mol. The van der Waals surface area contributed by atoms with Crippen LogP contribution >= 0.6 is 0 Å². The van der Waals surface area contributed by atoms with Crippen molar-refractivity contribution in [2.24, 2.45) is 11.8 Å². The molecule has 0 bridgehead atoms. The molecule has 0 N–H and O–H groups in total. The van der Waals surface area contributed by atoms with Crippen LogP contribution in [-0.2, 0) is 28.6 Å². The molecule has 0 amide bonds. The maximum Gasteiger partial charge on any atom is 0.267 e. The number of hydrogen-bond donors (Lipinski definition) is 0. The third-order valence-electron chi connectivity index (χ3n) is 2.82. The molecule has 0 spiro atoms. The third-order valence-corrected chi connectivity index (χ3v) is 5.60. The van der Waals surface area contributed by atoms with Crippen LogP contribution in [0.5, 0.6) is 0 Å². The molecule has 0 aromatic rings. The second kappa shape index (κ2) is 7.42. The smallest absolute Gasteiger partial charge is 0.267 e. The van der Waals surface area contributed by atoms with E-state index in [1.165, 1.54) is 0 Å². The molecular formula is C10H22O6S2. The predicted molar refractivity (Wildman–Crippen MR) is 69.2 cm³/mol. The minimum absolute atomic E-state index is 0.245. The minimum Gasteiger partial charge on any atom is -0.273 e. The van der Waals surface area contributed by atoms with Gasteiger partial charge in [0, 0.05) is 0 Å². The number of rotatable bonds is 9. The van der Waals surface area contributed by atoms with Crippen molar-refractivity contribution in [1.82, 2.24) is 0 Å². The van der Waals surface area contributed by atoms with Crippen molar-refractivity contribution >= 4 is 20.2 Å². The Morgan fingerprint density at radius 1 is 0.944 bits per heavy atom. The van der Waals surface area contributed by atoms with Crippen LogP contribution in [0.4, 0.5) is 0 Å². The van der Waals surface area contributed by atoms with E-state index in [0.717, 1.165) is 20.6 Å². The van der Waals surface area contributed by atoms with Gasteiger partial charge in [-0.15, -0.1) is 0 Å². The molecule has 6 nitrogen and oxygen atoms in total. The van der Waals surface area contributed by atoms with Gasteiger partial charge in [-0.25, -0.2) is 0 Å². The summed E-state index contributed by atoms with van der Waals surface area (Å²) < 4.78 is 54.3. The van der Waals surface area contributed by atoms with Crippen molar-refractivity contribution in [3.63, 3.8) is 0 Å². The standard InChI is InChI=1S/C10H22O6S2/c1-5-9(2)6-10(7-17(11,12)15-3)8-18(13,14)16-4/h9-10H,5-8H2,1-4H3. The first kappa shape index (κ1) is 17.8. The fourth-order valence-electron chi connectivity index (χ4n) is 1.63. The second-order valence-electron chi connectivity index (χ2n) is 4.40. The number of hydrogen-bond acceptors (Lipinski definition) is 6. The minimum atomic E-state index is -3.67. The first-order valence-corrected chi connectivity index (χ1v) is 8.87. The summed E-state index contributed by atoms with van der Waals surface area (Å²) in [4.78, 5) is 0. The van der Waals surface area contributed by atoms with E-state index < -0.39 is 26.2 Å². The molecule has 0 saturated heterocycles. The summed E-state index contributed by atoms with van der Waals surface area (Å²) >= 11 is 0. The van der Waals surface area contributed by atoms with Crippen LogP contribution in [0.15, 0.2) is 0 Å². The molecule has 110 valence electrons. The Bertz CT molecular complexity index is 389. The summed E-state index contributed by atoms with van der Waals surface area (Å²) in [6, 6.07) is 0. The Hall–Kier alpha value is -0.180. The van der Waals surface area contributed by atoms with Crippen LogP contribution in [0.3, 0.4) is 0 Å². The zero-order chi connectivity index (χ0) is 14.4. The highest BCUT2D eigenvalue weighted by Crippen LogP contribution is 2.19. The monoisotopic (exact) mass is 302 g/mol. The lowest BCUT2D eigenvalue weighted by Gasteiger charge is -2.19. The lowest BCUT2D eigenvalue weighted by atomic mass is 9.97. The van der Waals surface area contributed by atoms with Crippen LogP contribution in [-0.4, -0.2) is 42.6 Å². The Balaban J connectivity index is 4.84. The Morgan fingerprint density at radius 2 is 1.33 bits per heavy atom. The van der Waals surface area contributed by atoms with Crippen LogP contribution in [0.2, 0.25) is 0 Å². The molecule has 1 atom stereocenters. The molecule has 18 heavy (non-hydrogen) atoms. The van der Waals surface area contributed by atoms with E-state index >= 15 is 0 Å². The normalized spacial score (nSPS) is 14.9. The largest absolute Gasteiger partial charge is 0.273 e. The first-order valence-electron chi connectivity index (χ1n) is 5.72. The molecule has 0 heterocycles. The van der Waals surface area contributed by atoms with Gasteiger partial charge in [-0.2, -0.15) is 16.8 Å². The van der Waals surface area contributed by atoms with Crippen molar-refractivity contribution in [3.8, 4) is 0 Å². The lowest BCUT2D eigenvalue weighted by molar-refractivity contribution is 0.362. The van der Waals surface area contributed by atoms with Crippen molar-refractivity contribution in [2.45, 2.75) is 26.7 Å². The van der Waals surface area contributed by atoms with E-state index in [9.17, 15) is 16.8 Å². The van der Waals surface area contributed by atoms with Gasteiger partial charge < -0.3 is 0 Å². The fourth-order valence-corrected chi connectivity index (χ4v) is 3.72. The second-order valence-corrected chi connectivity index (χ2v) is 7.96. The Kier molecular flexibility index (Phi) is 7.34. The topological polar surface area (TPSA) is 86.7 Å². The highest BCUT2D eigenvalue weighted by atomic mass is 32.2. The summed E-state index contributed by atoms with van der Waals surface area (Å²) in [5.41, 5.74) is 0. The molecule has 0 saturated carbocycles. The third kappa shape index (κ3) is 7.30. The average molecular weight is 302 g/mol. The van der Waals surface area contributed by atoms with E-state index in [1.807, 2.05) is 13.8 Å². The van der Waals surface area contributed by atoms with Gasteiger partial charge in [0.15, 0.2) is 0 Å². The van der Waals surface area contributed by atoms with E-state index in [0.29, 0.717) is 6.42 Å². The molecule has 0 radical (unpaired) electrons. The van der Waals surface area contributed by atoms with Crippen molar-refractivity contribution < 1.29 is 25.2 Å².